The molecule has 1 saturated heterocycles. The predicted octanol–water partition coefficient (Wildman–Crippen LogP) is 2.68. The van der Waals surface area contributed by atoms with Crippen molar-refractivity contribution in [1.82, 2.24) is 4.90 Å². The maximum absolute atomic E-state index is 13.4. The van der Waals surface area contributed by atoms with E-state index in [1.807, 2.05) is 6.07 Å². The Morgan fingerprint density at radius 2 is 2.33 bits per heavy atom. The molecular formula is C12H13ClFN. The zero-order valence-corrected chi connectivity index (χ0v) is 9.39. The molecule has 1 aliphatic carbocycles. The average molecular weight is 226 g/mol. The highest BCUT2D eigenvalue weighted by Crippen LogP contribution is 2.58. The molecular weight excluding hydrogens is 213 g/mol. The number of fused-ring (bicyclic) bond motifs is 1. The molecule has 1 aliphatic heterocycles. The second kappa shape index (κ2) is 2.96. The van der Waals surface area contributed by atoms with Crippen molar-refractivity contribution in [2.75, 3.05) is 20.1 Å². The number of halogens is 2. The number of hydrogen-bond donors (Lipinski definition) is 0. The van der Waals surface area contributed by atoms with Crippen molar-refractivity contribution in [3.8, 4) is 0 Å². The lowest BCUT2D eigenvalue weighted by Gasteiger charge is -2.16. The Morgan fingerprint density at radius 3 is 2.93 bits per heavy atom. The van der Waals surface area contributed by atoms with Gasteiger partial charge in [-0.1, -0.05) is 17.7 Å². The summed E-state index contributed by atoms with van der Waals surface area (Å²) in [6.45, 7) is 2.20. The van der Waals surface area contributed by atoms with Crippen molar-refractivity contribution < 1.29 is 4.39 Å². The van der Waals surface area contributed by atoms with E-state index in [1.165, 1.54) is 6.42 Å². The molecule has 0 amide bonds. The summed E-state index contributed by atoms with van der Waals surface area (Å²) in [5, 5.41) is 0.221. The number of likely N-dealkylation sites (tertiary alicyclic amines) is 1. The van der Waals surface area contributed by atoms with Crippen molar-refractivity contribution in [3.63, 3.8) is 0 Å². The largest absolute Gasteiger partial charge is 0.305 e. The smallest absolute Gasteiger partial charge is 0.142 e. The summed E-state index contributed by atoms with van der Waals surface area (Å²) >= 11 is 5.69. The first-order chi connectivity index (χ1) is 7.12. The minimum absolute atomic E-state index is 0.221. The van der Waals surface area contributed by atoms with Crippen LogP contribution in [0.15, 0.2) is 18.2 Å². The van der Waals surface area contributed by atoms with Crippen LogP contribution in [-0.2, 0) is 5.41 Å². The molecule has 0 aromatic heterocycles. The molecule has 1 saturated carbocycles. The van der Waals surface area contributed by atoms with E-state index < -0.39 is 0 Å². The predicted molar refractivity (Wildman–Crippen MR) is 58.7 cm³/mol. The van der Waals surface area contributed by atoms with Gasteiger partial charge in [-0.15, -0.1) is 0 Å². The van der Waals surface area contributed by atoms with E-state index >= 15 is 0 Å². The van der Waals surface area contributed by atoms with Gasteiger partial charge in [-0.25, -0.2) is 4.39 Å². The van der Waals surface area contributed by atoms with E-state index in [0.29, 0.717) is 0 Å². The van der Waals surface area contributed by atoms with Crippen LogP contribution in [0.25, 0.3) is 0 Å². The molecule has 15 heavy (non-hydrogen) atoms. The summed E-state index contributed by atoms with van der Waals surface area (Å²) in [7, 11) is 2.13. The maximum Gasteiger partial charge on any atom is 0.142 e. The molecule has 2 atom stereocenters. The van der Waals surface area contributed by atoms with Crippen LogP contribution >= 0.6 is 11.6 Å². The highest BCUT2D eigenvalue weighted by Gasteiger charge is 2.59. The lowest BCUT2D eigenvalue weighted by molar-refractivity contribution is 0.363. The molecule has 0 spiro atoms. The molecule has 1 aromatic rings. The molecule has 0 bridgehead atoms. The normalized spacial score (nSPS) is 34.2. The van der Waals surface area contributed by atoms with Gasteiger partial charge in [0.05, 0.1) is 5.02 Å². The zero-order chi connectivity index (χ0) is 10.6. The fraction of sp³-hybridized carbons (Fsp3) is 0.500. The molecule has 1 nitrogen and oxygen atoms in total. The number of rotatable bonds is 1. The number of piperidine rings is 1. The van der Waals surface area contributed by atoms with Crippen molar-refractivity contribution in [3.05, 3.63) is 34.6 Å². The van der Waals surface area contributed by atoms with Crippen molar-refractivity contribution in [1.29, 1.82) is 0 Å². The van der Waals surface area contributed by atoms with E-state index in [9.17, 15) is 4.39 Å². The lowest BCUT2D eigenvalue weighted by Crippen LogP contribution is -2.22. The Kier molecular flexibility index (Phi) is 1.89. The second-order valence-electron chi connectivity index (χ2n) is 4.88. The highest BCUT2D eigenvalue weighted by molar-refractivity contribution is 6.30. The number of benzene rings is 1. The number of hydrogen-bond acceptors (Lipinski definition) is 1. The fourth-order valence-electron chi connectivity index (χ4n) is 2.99. The average Bonchev–Trinajstić information content (AvgIpc) is 2.75. The number of nitrogens with zero attached hydrogens (tertiary/aromatic N) is 1. The van der Waals surface area contributed by atoms with E-state index in [-0.39, 0.29) is 16.3 Å². The third-order valence-corrected chi connectivity index (χ3v) is 4.12. The van der Waals surface area contributed by atoms with E-state index in [2.05, 4.69) is 11.9 Å². The Labute approximate surface area is 93.8 Å². The first-order valence-electron chi connectivity index (χ1n) is 5.26. The number of likely N-dealkylation sites (N-methyl/N-ethyl adjacent to an activating group) is 1. The molecule has 0 N–H and O–H groups in total. The van der Waals surface area contributed by atoms with Crippen LogP contribution < -0.4 is 0 Å². The molecule has 3 rings (SSSR count). The van der Waals surface area contributed by atoms with Gasteiger partial charge in [0.15, 0.2) is 0 Å². The van der Waals surface area contributed by atoms with Crippen LogP contribution in [0.3, 0.4) is 0 Å². The van der Waals surface area contributed by atoms with Gasteiger partial charge < -0.3 is 4.90 Å². The summed E-state index contributed by atoms with van der Waals surface area (Å²) in [4.78, 5) is 2.32. The van der Waals surface area contributed by atoms with Gasteiger partial charge in [-0.2, -0.15) is 0 Å². The van der Waals surface area contributed by atoms with Gasteiger partial charge in [0.25, 0.3) is 0 Å². The Morgan fingerprint density at radius 1 is 1.53 bits per heavy atom. The van der Waals surface area contributed by atoms with Gasteiger partial charge in [-0.05, 0) is 37.1 Å². The van der Waals surface area contributed by atoms with Crippen molar-refractivity contribution >= 4 is 11.6 Å². The Bertz CT molecular complexity index is 420. The van der Waals surface area contributed by atoms with Crippen LogP contribution in [-0.4, -0.2) is 25.0 Å². The molecule has 0 unspecified atom stereocenters. The second-order valence-corrected chi connectivity index (χ2v) is 5.29. The third-order valence-electron chi connectivity index (χ3n) is 3.81. The fourth-order valence-corrected chi connectivity index (χ4v) is 3.10. The zero-order valence-electron chi connectivity index (χ0n) is 8.63. The first kappa shape index (κ1) is 9.61. The van der Waals surface area contributed by atoms with E-state index in [4.69, 9.17) is 11.6 Å². The lowest BCUT2D eigenvalue weighted by atomic mass is 9.95. The quantitative estimate of drug-likeness (QED) is 0.711. The summed E-state index contributed by atoms with van der Waals surface area (Å²) in [5.41, 5.74) is 1.36. The summed E-state index contributed by atoms with van der Waals surface area (Å²) in [6, 6.07) is 5.26. The van der Waals surface area contributed by atoms with Gasteiger partial charge in [0.1, 0.15) is 5.82 Å². The highest BCUT2D eigenvalue weighted by atomic mass is 35.5. The minimum atomic E-state index is -0.288. The molecule has 2 fully saturated rings. The minimum Gasteiger partial charge on any atom is -0.305 e. The van der Waals surface area contributed by atoms with Crippen LogP contribution in [0.1, 0.15) is 12.0 Å². The molecule has 1 heterocycles. The Balaban J connectivity index is 1.97. The van der Waals surface area contributed by atoms with Crippen molar-refractivity contribution in [2.45, 2.75) is 11.8 Å². The molecule has 2 aliphatic rings. The standard InChI is InChI=1S/C12H13ClFN/c1-15-6-9-5-12(9,7-15)8-2-3-10(13)11(14)4-8/h2-4,9H,5-7H2,1H3/t9-,12+/m0/s1. The van der Waals surface area contributed by atoms with E-state index in [0.717, 1.165) is 24.6 Å². The van der Waals surface area contributed by atoms with Gasteiger partial charge >= 0.3 is 0 Å². The summed E-state index contributed by atoms with van der Waals surface area (Å²) in [6.07, 6.45) is 1.21. The molecule has 3 heteroatoms. The summed E-state index contributed by atoms with van der Waals surface area (Å²) < 4.78 is 13.4. The molecule has 1 aromatic carbocycles. The van der Waals surface area contributed by atoms with Crippen LogP contribution in [0, 0.1) is 11.7 Å². The van der Waals surface area contributed by atoms with E-state index in [1.54, 1.807) is 12.1 Å². The van der Waals surface area contributed by atoms with Gasteiger partial charge in [0.2, 0.25) is 0 Å². The van der Waals surface area contributed by atoms with Crippen LogP contribution in [0.2, 0.25) is 5.02 Å². The monoisotopic (exact) mass is 225 g/mol. The van der Waals surface area contributed by atoms with Crippen LogP contribution in [0.4, 0.5) is 4.39 Å². The van der Waals surface area contributed by atoms with Crippen molar-refractivity contribution in [2.24, 2.45) is 5.92 Å². The van der Waals surface area contributed by atoms with Crippen LogP contribution in [0.5, 0.6) is 0 Å². The third kappa shape index (κ3) is 1.31. The summed E-state index contributed by atoms with van der Waals surface area (Å²) in [5.74, 6) is 0.437. The SMILES string of the molecule is CN1C[C@@H]2C[C@]2(c2ccc(Cl)c(F)c2)C1. The molecule has 80 valence electrons. The van der Waals surface area contributed by atoms with Gasteiger partial charge in [-0.3, -0.25) is 0 Å². The van der Waals surface area contributed by atoms with Gasteiger partial charge in [0, 0.05) is 18.5 Å². The molecule has 0 radical (unpaired) electrons. The topological polar surface area (TPSA) is 3.24 Å². The Hall–Kier alpha value is -0.600. The first-order valence-corrected chi connectivity index (χ1v) is 5.64. The maximum atomic E-state index is 13.4.